The summed E-state index contributed by atoms with van der Waals surface area (Å²) in [4.78, 5) is 18.0. The van der Waals surface area contributed by atoms with Crippen LogP contribution in [0.5, 0.6) is 0 Å². The maximum atomic E-state index is 12.0. The number of nitrogens with zero attached hydrogens (tertiary/aromatic N) is 2. The molecule has 5 nitrogen and oxygen atoms in total. The number of ether oxygens (including phenoxy) is 1. The van der Waals surface area contributed by atoms with Crippen molar-refractivity contribution in [2.45, 2.75) is 52.7 Å². The molecule has 1 amide bonds. The maximum Gasteiger partial charge on any atom is 0.410 e. The molecule has 5 heteroatoms. The van der Waals surface area contributed by atoms with Crippen molar-refractivity contribution in [2.75, 3.05) is 19.6 Å². The Labute approximate surface area is 139 Å². The van der Waals surface area contributed by atoms with E-state index in [1.54, 1.807) is 0 Å². The number of rotatable bonds is 4. The zero-order chi connectivity index (χ0) is 16.9. The van der Waals surface area contributed by atoms with Gasteiger partial charge in [-0.05, 0) is 70.2 Å². The number of amides is 1. The summed E-state index contributed by atoms with van der Waals surface area (Å²) < 4.78 is 5.43. The highest BCUT2D eigenvalue weighted by Crippen LogP contribution is 2.19. The predicted molar refractivity (Wildman–Crippen MR) is 91.2 cm³/mol. The Bertz CT molecular complexity index is 517. The number of piperidine rings is 1. The summed E-state index contributed by atoms with van der Waals surface area (Å²) in [6.45, 7) is 11.2. The molecule has 1 aromatic rings. The summed E-state index contributed by atoms with van der Waals surface area (Å²) in [5, 5.41) is 3.53. The van der Waals surface area contributed by atoms with E-state index in [9.17, 15) is 4.79 Å². The Morgan fingerprint density at radius 3 is 2.70 bits per heavy atom. The van der Waals surface area contributed by atoms with Gasteiger partial charge >= 0.3 is 6.09 Å². The molecule has 1 N–H and O–H groups in total. The van der Waals surface area contributed by atoms with Crippen LogP contribution in [0.3, 0.4) is 0 Å². The maximum absolute atomic E-state index is 12.0. The first-order valence-corrected chi connectivity index (χ1v) is 8.43. The standard InChI is InChI=1S/C18H29N3O2/c1-14-11-19-8-5-16(14)13-20-12-15-6-9-21(10-7-15)17(22)23-18(2,3)4/h5,8,11,15,20H,6-7,9-10,12-13H2,1-4H3. The molecule has 0 atom stereocenters. The molecular formula is C18H29N3O2. The molecule has 0 spiro atoms. The van der Waals surface area contributed by atoms with Crippen molar-refractivity contribution in [1.29, 1.82) is 0 Å². The summed E-state index contributed by atoms with van der Waals surface area (Å²) in [7, 11) is 0. The second-order valence-corrected chi connectivity index (χ2v) is 7.34. The average Bonchev–Trinajstić information content (AvgIpc) is 2.48. The van der Waals surface area contributed by atoms with Crippen LogP contribution in [0.2, 0.25) is 0 Å². The fraction of sp³-hybridized carbons (Fsp3) is 0.667. The summed E-state index contributed by atoms with van der Waals surface area (Å²) >= 11 is 0. The van der Waals surface area contributed by atoms with Crippen molar-refractivity contribution < 1.29 is 9.53 Å². The third-order valence-electron chi connectivity index (χ3n) is 4.15. The average molecular weight is 319 g/mol. The van der Waals surface area contributed by atoms with Gasteiger partial charge in [-0.3, -0.25) is 4.98 Å². The molecular weight excluding hydrogens is 290 g/mol. The molecule has 1 aliphatic rings. The lowest BCUT2D eigenvalue weighted by atomic mass is 9.97. The second-order valence-electron chi connectivity index (χ2n) is 7.34. The van der Waals surface area contributed by atoms with Crippen molar-refractivity contribution in [2.24, 2.45) is 5.92 Å². The number of aromatic nitrogens is 1. The first-order chi connectivity index (χ1) is 10.8. The Balaban J connectivity index is 1.69. The zero-order valence-corrected chi connectivity index (χ0v) is 14.8. The second kappa shape index (κ2) is 7.77. The Morgan fingerprint density at radius 1 is 1.39 bits per heavy atom. The van der Waals surface area contributed by atoms with E-state index in [2.05, 4.69) is 23.3 Å². The van der Waals surface area contributed by atoms with Crippen LogP contribution in [0.15, 0.2) is 18.5 Å². The molecule has 1 saturated heterocycles. The minimum absolute atomic E-state index is 0.184. The molecule has 128 valence electrons. The third kappa shape index (κ3) is 5.82. The van der Waals surface area contributed by atoms with Crippen LogP contribution in [-0.2, 0) is 11.3 Å². The molecule has 0 radical (unpaired) electrons. The number of nitrogens with one attached hydrogen (secondary N) is 1. The first kappa shape index (κ1) is 17.7. The summed E-state index contributed by atoms with van der Waals surface area (Å²) in [5.41, 5.74) is 2.10. The highest BCUT2D eigenvalue weighted by molar-refractivity contribution is 5.68. The fourth-order valence-electron chi connectivity index (χ4n) is 2.76. The first-order valence-electron chi connectivity index (χ1n) is 8.43. The quantitative estimate of drug-likeness (QED) is 0.926. The lowest BCUT2D eigenvalue weighted by Gasteiger charge is -2.33. The number of aryl methyl sites for hydroxylation is 1. The van der Waals surface area contributed by atoms with Crippen LogP contribution in [0.1, 0.15) is 44.7 Å². The molecule has 1 fully saturated rings. The van der Waals surface area contributed by atoms with Crippen molar-refractivity contribution in [3.63, 3.8) is 0 Å². The van der Waals surface area contributed by atoms with Crippen molar-refractivity contribution in [1.82, 2.24) is 15.2 Å². The van der Waals surface area contributed by atoms with E-state index in [4.69, 9.17) is 4.74 Å². The Hall–Kier alpha value is -1.62. The van der Waals surface area contributed by atoms with Crippen LogP contribution in [0.4, 0.5) is 4.79 Å². The number of likely N-dealkylation sites (tertiary alicyclic amines) is 1. The van der Waals surface area contributed by atoms with Crippen molar-refractivity contribution in [3.8, 4) is 0 Å². The highest BCUT2D eigenvalue weighted by atomic mass is 16.6. The van der Waals surface area contributed by atoms with Gasteiger partial charge in [0.1, 0.15) is 5.60 Å². The minimum atomic E-state index is -0.419. The van der Waals surface area contributed by atoms with E-state index in [-0.39, 0.29) is 6.09 Å². The number of pyridine rings is 1. The number of carbonyl (C=O) groups is 1. The summed E-state index contributed by atoms with van der Waals surface area (Å²) in [5.74, 6) is 0.621. The molecule has 0 bridgehead atoms. The summed E-state index contributed by atoms with van der Waals surface area (Å²) in [6, 6.07) is 2.06. The molecule has 0 unspecified atom stereocenters. The van der Waals surface area contributed by atoms with Gasteiger partial charge in [0.15, 0.2) is 0 Å². The third-order valence-corrected chi connectivity index (χ3v) is 4.15. The van der Waals surface area contributed by atoms with E-state index in [0.717, 1.165) is 39.0 Å². The normalized spacial score (nSPS) is 16.4. The van der Waals surface area contributed by atoms with Crippen LogP contribution in [-0.4, -0.2) is 41.2 Å². The molecule has 23 heavy (non-hydrogen) atoms. The Kier molecular flexibility index (Phi) is 5.99. The summed E-state index contributed by atoms with van der Waals surface area (Å²) in [6.07, 6.45) is 5.61. The van der Waals surface area contributed by atoms with Gasteiger partial charge in [0.2, 0.25) is 0 Å². The van der Waals surface area contributed by atoms with Gasteiger partial charge in [-0.25, -0.2) is 4.79 Å². The monoisotopic (exact) mass is 319 g/mol. The lowest BCUT2D eigenvalue weighted by Crippen LogP contribution is -2.43. The minimum Gasteiger partial charge on any atom is -0.444 e. The number of carbonyl (C=O) groups excluding carboxylic acids is 1. The van der Waals surface area contributed by atoms with Gasteiger partial charge in [0.05, 0.1) is 0 Å². The molecule has 2 heterocycles. The van der Waals surface area contributed by atoms with E-state index in [0.29, 0.717) is 5.92 Å². The van der Waals surface area contributed by atoms with Gasteiger partial charge in [0, 0.05) is 32.0 Å². The lowest BCUT2D eigenvalue weighted by molar-refractivity contribution is 0.0184. The van der Waals surface area contributed by atoms with E-state index < -0.39 is 5.60 Å². The van der Waals surface area contributed by atoms with Gasteiger partial charge in [0.25, 0.3) is 0 Å². The van der Waals surface area contributed by atoms with Crippen molar-refractivity contribution in [3.05, 3.63) is 29.6 Å². The van der Waals surface area contributed by atoms with E-state index in [1.807, 2.05) is 38.1 Å². The van der Waals surface area contributed by atoms with Crippen LogP contribution in [0, 0.1) is 12.8 Å². The van der Waals surface area contributed by atoms with Gasteiger partial charge in [-0.2, -0.15) is 0 Å². The molecule has 0 saturated carbocycles. The predicted octanol–water partition coefficient (Wildman–Crippen LogP) is 3.13. The fourth-order valence-corrected chi connectivity index (χ4v) is 2.76. The molecule has 1 aromatic heterocycles. The molecule has 2 rings (SSSR count). The van der Waals surface area contributed by atoms with Crippen LogP contribution >= 0.6 is 0 Å². The molecule has 0 aromatic carbocycles. The van der Waals surface area contributed by atoms with Crippen molar-refractivity contribution >= 4 is 6.09 Å². The Morgan fingerprint density at radius 2 is 2.09 bits per heavy atom. The van der Waals surface area contributed by atoms with Crippen LogP contribution < -0.4 is 5.32 Å². The molecule has 0 aliphatic carbocycles. The van der Waals surface area contributed by atoms with E-state index >= 15 is 0 Å². The number of hydrogen-bond donors (Lipinski definition) is 1. The van der Waals surface area contributed by atoms with Gasteiger partial charge < -0.3 is 15.0 Å². The largest absolute Gasteiger partial charge is 0.444 e. The van der Waals surface area contributed by atoms with Gasteiger partial charge in [-0.1, -0.05) is 0 Å². The highest BCUT2D eigenvalue weighted by Gasteiger charge is 2.26. The van der Waals surface area contributed by atoms with Crippen LogP contribution in [0.25, 0.3) is 0 Å². The topological polar surface area (TPSA) is 54.5 Å². The SMILES string of the molecule is Cc1cnccc1CNCC1CCN(C(=O)OC(C)(C)C)CC1. The molecule has 1 aliphatic heterocycles. The number of hydrogen-bond acceptors (Lipinski definition) is 4. The zero-order valence-electron chi connectivity index (χ0n) is 14.8. The smallest absolute Gasteiger partial charge is 0.410 e. The van der Waals surface area contributed by atoms with E-state index in [1.165, 1.54) is 11.1 Å². The van der Waals surface area contributed by atoms with Gasteiger partial charge in [-0.15, -0.1) is 0 Å².